The molecule has 0 atom stereocenters. The van der Waals surface area contributed by atoms with Crippen LogP contribution < -0.4 is 4.90 Å². The number of nitrogens with zero attached hydrogens (tertiary/aromatic N) is 4. The lowest BCUT2D eigenvalue weighted by atomic mass is 10.2. The van der Waals surface area contributed by atoms with Crippen LogP contribution in [0.25, 0.3) is 5.53 Å². The molecule has 0 radical (unpaired) electrons. The van der Waals surface area contributed by atoms with Gasteiger partial charge in [0.25, 0.3) is 0 Å². The van der Waals surface area contributed by atoms with E-state index in [-0.39, 0.29) is 0 Å². The fourth-order valence-electron chi connectivity index (χ4n) is 1.23. The van der Waals surface area contributed by atoms with Crippen molar-refractivity contribution < 1.29 is 9.58 Å². The van der Waals surface area contributed by atoms with E-state index in [1.54, 1.807) is 18.2 Å². The molecule has 0 fully saturated rings. The molecule has 0 aromatic heterocycles. The molecule has 0 heterocycles. The lowest BCUT2D eigenvalue weighted by molar-refractivity contribution is -0.116. The normalized spacial score (nSPS) is 8.81. The second-order valence-corrected chi connectivity index (χ2v) is 3.26. The van der Waals surface area contributed by atoms with Crippen LogP contribution in [0, 0.1) is 18.3 Å². The van der Waals surface area contributed by atoms with Crippen LogP contribution in [0.4, 0.5) is 5.69 Å². The standard InChI is InChI=1S/C11H10N4O/c1-8-4-3-5-9(6-8)15(2)11(16)10(7-12)14-13/h3-6H,1-2H3. The molecule has 0 aliphatic rings. The van der Waals surface area contributed by atoms with Gasteiger partial charge in [0, 0.05) is 12.7 Å². The first kappa shape index (κ1) is 11.6. The van der Waals surface area contributed by atoms with Gasteiger partial charge in [-0.3, -0.25) is 4.79 Å². The monoisotopic (exact) mass is 214 g/mol. The van der Waals surface area contributed by atoms with Crippen LogP contribution in [0.2, 0.25) is 0 Å². The maximum Gasteiger partial charge on any atom is 0.455 e. The van der Waals surface area contributed by atoms with Crippen molar-refractivity contribution >= 4 is 17.3 Å². The van der Waals surface area contributed by atoms with Crippen molar-refractivity contribution in [2.75, 3.05) is 11.9 Å². The van der Waals surface area contributed by atoms with E-state index in [4.69, 9.17) is 10.8 Å². The topological polar surface area (TPSA) is 80.5 Å². The smallest absolute Gasteiger partial charge is 0.360 e. The van der Waals surface area contributed by atoms with Gasteiger partial charge in [0.2, 0.25) is 0 Å². The summed E-state index contributed by atoms with van der Waals surface area (Å²) in [4.78, 5) is 15.5. The maximum atomic E-state index is 11.6. The second kappa shape index (κ2) is 4.87. The third-order valence-electron chi connectivity index (χ3n) is 2.10. The van der Waals surface area contributed by atoms with Gasteiger partial charge in [0.05, 0.1) is 0 Å². The average molecular weight is 214 g/mol. The summed E-state index contributed by atoms with van der Waals surface area (Å²) in [6.07, 6.45) is 0. The van der Waals surface area contributed by atoms with Crippen molar-refractivity contribution in [2.45, 2.75) is 6.92 Å². The first-order valence-electron chi connectivity index (χ1n) is 4.57. The first-order chi connectivity index (χ1) is 7.60. The largest absolute Gasteiger partial charge is 0.455 e. The summed E-state index contributed by atoms with van der Waals surface area (Å²) in [7, 11) is 1.51. The third kappa shape index (κ3) is 2.32. The van der Waals surface area contributed by atoms with Gasteiger partial charge in [-0.1, -0.05) is 12.1 Å². The van der Waals surface area contributed by atoms with E-state index in [9.17, 15) is 4.79 Å². The van der Waals surface area contributed by atoms with Gasteiger partial charge in [-0.2, -0.15) is 5.26 Å². The molecule has 1 rings (SSSR count). The molecule has 1 amide bonds. The number of benzene rings is 1. The van der Waals surface area contributed by atoms with E-state index >= 15 is 0 Å². The average Bonchev–Trinajstić information content (AvgIpc) is 2.29. The van der Waals surface area contributed by atoms with Crippen molar-refractivity contribution in [3.63, 3.8) is 0 Å². The fourth-order valence-corrected chi connectivity index (χ4v) is 1.23. The molecule has 5 nitrogen and oxygen atoms in total. The Morgan fingerprint density at radius 3 is 2.75 bits per heavy atom. The van der Waals surface area contributed by atoms with Gasteiger partial charge in [-0.25, -0.2) is 0 Å². The Labute approximate surface area is 93.2 Å². The first-order valence-corrected chi connectivity index (χ1v) is 4.57. The molecule has 1 aromatic rings. The van der Waals surface area contributed by atoms with Gasteiger partial charge in [-0.15, -0.1) is 4.79 Å². The lowest BCUT2D eigenvalue weighted by Gasteiger charge is -2.13. The molecule has 0 saturated heterocycles. The summed E-state index contributed by atoms with van der Waals surface area (Å²) >= 11 is 0. The Kier molecular flexibility index (Phi) is 3.54. The van der Waals surface area contributed by atoms with E-state index in [1.165, 1.54) is 18.0 Å². The van der Waals surface area contributed by atoms with Crippen LogP contribution in [0.5, 0.6) is 0 Å². The molecule has 0 aliphatic heterocycles. The zero-order valence-corrected chi connectivity index (χ0v) is 9.01. The number of hydrogen-bond donors (Lipinski definition) is 0. The Morgan fingerprint density at radius 2 is 2.25 bits per heavy atom. The molecule has 0 aliphatic carbocycles. The van der Waals surface area contributed by atoms with Crippen molar-refractivity contribution in [1.29, 1.82) is 5.26 Å². The van der Waals surface area contributed by atoms with E-state index in [2.05, 4.69) is 4.79 Å². The summed E-state index contributed by atoms with van der Waals surface area (Å²) < 4.78 is 0. The number of aryl methyl sites for hydroxylation is 1. The Hall–Kier alpha value is -2.44. The molecule has 0 saturated carbocycles. The molecule has 80 valence electrons. The molecule has 0 N–H and O–H groups in total. The Bertz CT molecular complexity index is 509. The van der Waals surface area contributed by atoms with Crippen LogP contribution in [-0.4, -0.2) is 23.5 Å². The molecular formula is C11H10N4O. The summed E-state index contributed by atoms with van der Waals surface area (Å²) in [5.74, 6) is -0.643. The number of anilines is 1. The highest BCUT2D eigenvalue weighted by Crippen LogP contribution is 2.14. The number of carbonyl (C=O) groups excluding carboxylic acids is 1. The lowest BCUT2D eigenvalue weighted by Crippen LogP contribution is -2.33. The number of rotatable bonds is 2. The van der Waals surface area contributed by atoms with Gasteiger partial charge in [0.15, 0.2) is 6.07 Å². The summed E-state index contributed by atoms with van der Waals surface area (Å²) in [6.45, 7) is 1.90. The molecular weight excluding hydrogens is 204 g/mol. The van der Waals surface area contributed by atoms with Gasteiger partial charge >= 0.3 is 11.6 Å². The molecule has 0 spiro atoms. The Balaban J connectivity index is 3.04. The molecule has 0 bridgehead atoms. The third-order valence-corrected chi connectivity index (χ3v) is 2.10. The maximum absolute atomic E-state index is 11.6. The minimum absolute atomic E-state index is 0.538. The van der Waals surface area contributed by atoms with Crippen LogP contribution in [0.1, 0.15) is 5.56 Å². The van der Waals surface area contributed by atoms with Crippen molar-refractivity contribution in [1.82, 2.24) is 0 Å². The van der Waals surface area contributed by atoms with E-state index in [1.807, 2.05) is 13.0 Å². The molecule has 1 aromatic carbocycles. The van der Waals surface area contributed by atoms with Crippen LogP contribution in [-0.2, 0) is 4.79 Å². The predicted molar refractivity (Wildman–Crippen MR) is 58.8 cm³/mol. The highest BCUT2D eigenvalue weighted by atomic mass is 16.2. The van der Waals surface area contributed by atoms with Gasteiger partial charge < -0.3 is 10.4 Å². The Morgan fingerprint density at radius 1 is 1.56 bits per heavy atom. The minimum Gasteiger partial charge on any atom is -0.360 e. The number of amides is 1. The predicted octanol–water partition coefficient (Wildman–Crippen LogP) is 1.15. The zero-order valence-electron chi connectivity index (χ0n) is 9.01. The van der Waals surface area contributed by atoms with Crippen LogP contribution in [0.15, 0.2) is 24.3 Å². The molecule has 0 unspecified atom stereocenters. The summed E-state index contributed by atoms with van der Waals surface area (Å²) in [6, 6.07) is 8.75. The minimum atomic E-state index is -0.643. The molecule has 16 heavy (non-hydrogen) atoms. The SMILES string of the molecule is Cc1cccc(N(C)C(=O)C(C#N)=[N+]=[N-])c1. The number of carbonyl (C=O) groups is 1. The summed E-state index contributed by atoms with van der Waals surface area (Å²) in [5.41, 5.74) is 9.56. The quantitative estimate of drug-likeness (QED) is 0.420. The second-order valence-electron chi connectivity index (χ2n) is 3.26. The van der Waals surface area contributed by atoms with Crippen molar-refractivity contribution in [3.8, 4) is 6.07 Å². The van der Waals surface area contributed by atoms with Crippen LogP contribution in [0.3, 0.4) is 0 Å². The highest BCUT2D eigenvalue weighted by molar-refractivity contribution is 6.46. The van der Waals surface area contributed by atoms with E-state index in [0.29, 0.717) is 5.69 Å². The van der Waals surface area contributed by atoms with E-state index < -0.39 is 11.6 Å². The van der Waals surface area contributed by atoms with Gasteiger partial charge in [-0.05, 0) is 24.6 Å². The fraction of sp³-hybridized carbons (Fsp3) is 0.182. The number of hydrogen-bond acceptors (Lipinski definition) is 2. The van der Waals surface area contributed by atoms with Crippen LogP contribution >= 0.6 is 0 Å². The highest BCUT2D eigenvalue weighted by Gasteiger charge is 2.24. The zero-order chi connectivity index (χ0) is 12.1. The van der Waals surface area contributed by atoms with E-state index in [0.717, 1.165) is 5.56 Å². The number of nitriles is 1. The van der Waals surface area contributed by atoms with Crippen molar-refractivity contribution in [2.24, 2.45) is 0 Å². The van der Waals surface area contributed by atoms with Gasteiger partial charge in [0.1, 0.15) is 0 Å². The van der Waals surface area contributed by atoms with Crippen molar-refractivity contribution in [3.05, 3.63) is 35.4 Å². The molecule has 5 heteroatoms. The summed E-state index contributed by atoms with van der Waals surface area (Å²) in [5, 5.41) is 8.56.